The first-order chi connectivity index (χ1) is 8.65. The lowest BCUT2D eigenvalue weighted by atomic mass is 10.2. The molecule has 1 aliphatic carbocycles. The molecule has 1 aromatic carbocycles. The summed E-state index contributed by atoms with van der Waals surface area (Å²) in [6, 6.07) is 8.00. The van der Waals surface area contributed by atoms with Gasteiger partial charge in [-0.25, -0.2) is 4.68 Å². The lowest BCUT2D eigenvalue weighted by Gasteiger charge is -2.03. The molecule has 1 fully saturated rings. The fraction of sp³-hybridized carbons (Fsp3) is 0.308. The van der Waals surface area contributed by atoms with Crippen molar-refractivity contribution in [2.45, 2.75) is 25.3 Å². The van der Waals surface area contributed by atoms with Crippen LogP contribution >= 0.6 is 31.9 Å². The quantitative estimate of drug-likeness (QED) is 0.878. The normalized spacial score (nSPS) is 15.0. The first-order valence-corrected chi connectivity index (χ1v) is 7.46. The Labute approximate surface area is 121 Å². The molecule has 0 saturated heterocycles. The summed E-state index contributed by atoms with van der Waals surface area (Å²) in [5, 5.41) is 3.22. The second kappa shape index (κ2) is 4.70. The molecule has 0 radical (unpaired) electrons. The van der Waals surface area contributed by atoms with Crippen LogP contribution in [0.4, 0.5) is 0 Å². The molecule has 1 aliphatic rings. The highest BCUT2D eigenvalue weighted by Gasteiger charge is 2.29. The summed E-state index contributed by atoms with van der Waals surface area (Å²) in [6.07, 6.45) is 2.35. The molecule has 3 rings (SSSR count). The van der Waals surface area contributed by atoms with Crippen molar-refractivity contribution < 1.29 is 0 Å². The molecular weight excluding hydrogens is 360 g/mol. The smallest absolute Gasteiger partial charge is 0.281 e. The van der Waals surface area contributed by atoms with Gasteiger partial charge in [-0.2, -0.15) is 0 Å². The minimum absolute atomic E-state index is 0.0249. The van der Waals surface area contributed by atoms with Crippen LogP contribution in [0.1, 0.15) is 30.0 Å². The van der Waals surface area contributed by atoms with E-state index in [0.29, 0.717) is 16.9 Å². The van der Waals surface area contributed by atoms with Gasteiger partial charge < -0.3 is 0 Å². The lowest BCUT2D eigenvalue weighted by Crippen LogP contribution is -2.17. The third-order valence-corrected chi connectivity index (χ3v) is 4.40. The van der Waals surface area contributed by atoms with Gasteiger partial charge in [0.2, 0.25) is 0 Å². The molecule has 18 heavy (non-hydrogen) atoms. The van der Waals surface area contributed by atoms with Crippen LogP contribution in [0.15, 0.2) is 38.0 Å². The number of H-pyrrole nitrogens is 1. The van der Waals surface area contributed by atoms with Crippen LogP contribution in [0.3, 0.4) is 0 Å². The van der Waals surface area contributed by atoms with Crippen LogP contribution in [0, 0.1) is 0 Å². The highest BCUT2D eigenvalue weighted by molar-refractivity contribution is 9.10. The molecule has 5 heteroatoms. The van der Waals surface area contributed by atoms with Gasteiger partial charge in [0.1, 0.15) is 4.47 Å². The van der Waals surface area contributed by atoms with Gasteiger partial charge in [-0.1, -0.05) is 28.1 Å². The van der Waals surface area contributed by atoms with Gasteiger partial charge in [0.25, 0.3) is 5.56 Å². The first-order valence-electron chi connectivity index (χ1n) is 5.88. The van der Waals surface area contributed by atoms with E-state index < -0.39 is 0 Å². The largest absolute Gasteiger partial charge is 0.298 e. The van der Waals surface area contributed by atoms with Crippen molar-refractivity contribution in [2.75, 3.05) is 0 Å². The predicted molar refractivity (Wildman–Crippen MR) is 78.0 cm³/mol. The third kappa shape index (κ3) is 2.34. The van der Waals surface area contributed by atoms with E-state index in [1.807, 2.05) is 24.3 Å². The van der Waals surface area contributed by atoms with Crippen molar-refractivity contribution in [3.8, 4) is 0 Å². The summed E-state index contributed by atoms with van der Waals surface area (Å²) in [5.74, 6) is 0.538. The number of aromatic amines is 1. The van der Waals surface area contributed by atoms with E-state index >= 15 is 0 Å². The molecule has 0 bridgehead atoms. The number of rotatable bonds is 3. The summed E-state index contributed by atoms with van der Waals surface area (Å²) < 4.78 is 3.39. The molecule has 0 aliphatic heterocycles. The van der Waals surface area contributed by atoms with Crippen molar-refractivity contribution in [1.29, 1.82) is 0 Å². The molecule has 2 aromatic rings. The highest BCUT2D eigenvalue weighted by Crippen LogP contribution is 2.41. The second-order valence-corrected chi connectivity index (χ2v) is 6.34. The highest BCUT2D eigenvalue weighted by atomic mass is 79.9. The number of benzene rings is 1. The van der Waals surface area contributed by atoms with E-state index in [-0.39, 0.29) is 5.56 Å². The van der Waals surface area contributed by atoms with E-state index in [4.69, 9.17) is 0 Å². The van der Waals surface area contributed by atoms with Crippen LogP contribution in [0.2, 0.25) is 0 Å². The Morgan fingerprint density at radius 3 is 2.78 bits per heavy atom. The summed E-state index contributed by atoms with van der Waals surface area (Å²) in [4.78, 5) is 12.1. The Kier molecular flexibility index (Phi) is 3.20. The minimum atomic E-state index is 0.0249. The Bertz CT molecular complexity index is 641. The summed E-state index contributed by atoms with van der Waals surface area (Å²) >= 11 is 6.84. The first kappa shape index (κ1) is 12.2. The van der Waals surface area contributed by atoms with Crippen LogP contribution < -0.4 is 5.56 Å². The number of aromatic nitrogens is 2. The fourth-order valence-corrected chi connectivity index (χ4v) is 3.12. The van der Waals surface area contributed by atoms with Crippen molar-refractivity contribution >= 4 is 31.9 Å². The number of hydrogen-bond donors (Lipinski definition) is 1. The molecule has 1 aromatic heterocycles. The number of nitrogens with zero attached hydrogens (tertiary/aromatic N) is 1. The zero-order valence-electron chi connectivity index (χ0n) is 9.62. The summed E-state index contributed by atoms with van der Waals surface area (Å²) in [5.41, 5.74) is 2.18. The standard InChI is InChI=1S/C13H12Br2N2O/c14-10-3-1-2-8(6-10)7-17-13(18)11(15)12(16-17)9-4-5-9/h1-3,6,9,16H,4-5,7H2. The Morgan fingerprint density at radius 1 is 1.33 bits per heavy atom. The number of nitrogens with one attached hydrogen (secondary N) is 1. The summed E-state index contributed by atoms with van der Waals surface area (Å²) in [7, 11) is 0. The zero-order chi connectivity index (χ0) is 12.7. The molecule has 0 spiro atoms. The predicted octanol–water partition coefficient (Wildman–Crippen LogP) is 3.63. The Hall–Kier alpha value is -0.810. The van der Waals surface area contributed by atoms with Crippen LogP contribution in [0.5, 0.6) is 0 Å². The molecule has 0 atom stereocenters. The lowest BCUT2D eigenvalue weighted by molar-refractivity contribution is 0.651. The molecule has 1 heterocycles. The van der Waals surface area contributed by atoms with E-state index in [1.54, 1.807) is 4.68 Å². The Morgan fingerprint density at radius 2 is 2.11 bits per heavy atom. The average Bonchev–Trinajstić information content (AvgIpc) is 3.13. The van der Waals surface area contributed by atoms with Crippen molar-refractivity contribution in [3.63, 3.8) is 0 Å². The molecular formula is C13H12Br2N2O. The SMILES string of the molecule is O=c1c(Br)c(C2CC2)[nH]n1Cc1cccc(Br)c1. The van der Waals surface area contributed by atoms with Crippen molar-refractivity contribution in [3.05, 3.63) is 54.8 Å². The van der Waals surface area contributed by atoms with Crippen molar-refractivity contribution in [1.82, 2.24) is 9.78 Å². The number of hydrogen-bond acceptors (Lipinski definition) is 1. The van der Waals surface area contributed by atoms with Crippen LogP contribution in [0.25, 0.3) is 0 Å². The van der Waals surface area contributed by atoms with Gasteiger partial charge in [-0.05, 0) is 46.5 Å². The van der Waals surface area contributed by atoms with Gasteiger partial charge in [0.15, 0.2) is 0 Å². The second-order valence-electron chi connectivity index (χ2n) is 4.63. The topological polar surface area (TPSA) is 37.8 Å². The Balaban J connectivity index is 1.93. The van der Waals surface area contributed by atoms with E-state index in [0.717, 1.165) is 15.7 Å². The van der Waals surface area contributed by atoms with Gasteiger partial charge in [-0.3, -0.25) is 9.89 Å². The van der Waals surface area contributed by atoms with Crippen LogP contribution in [-0.4, -0.2) is 9.78 Å². The molecule has 1 saturated carbocycles. The zero-order valence-corrected chi connectivity index (χ0v) is 12.8. The van der Waals surface area contributed by atoms with Crippen LogP contribution in [-0.2, 0) is 6.54 Å². The molecule has 94 valence electrons. The maximum Gasteiger partial charge on any atom is 0.281 e. The molecule has 0 amide bonds. The molecule has 1 N–H and O–H groups in total. The van der Waals surface area contributed by atoms with Gasteiger partial charge >= 0.3 is 0 Å². The third-order valence-electron chi connectivity index (χ3n) is 3.14. The monoisotopic (exact) mass is 370 g/mol. The van der Waals surface area contributed by atoms with E-state index in [2.05, 4.69) is 37.0 Å². The minimum Gasteiger partial charge on any atom is -0.298 e. The maximum absolute atomic E-state index is 12.1. The molecule has 0 unspecified atom stereocenters. The van der Waals surface area contributed by atoms with E-state index in [1.165, 1.54) is 12.8 Å². The van der Waals surface area contributed by atoms with Gasteiger partial charge in [0.05, 0.1) is 12.2 Å². The maximum atomic E-state index is 12.1. The van der Waals surface area contributed by atoms with E-state index in [9.17, 15) is 4.79 Å². The van der Waals surface area contributed by atoms with Gasteiger partial charge in [-0.15, -0.1) is 0 Å². The average molecular weight is 372 g/mol. The van der Waals surface area contributed by atoms with Gasteiger partial charge in [0, 0.05) is 10.4 Å². The fourth-order valence-electron chi connectivity index (χ4n) is 2.05. The number of halogens is 2. The molecule has 3 nitrogen and oxygen atoms in total. The van der Waals surface area contributed by atoms with Crippen molar-refractivity contribution in [2.24, 2.45) is 0 Å². The summed E-state index contributed by atoms with van der Waals surface area (Å²) in [6.45, 7) is 0.573.